The van der Waals surface area contributed by atoms with Crippen molar-refractivity contribution < 1.29 is 4.79 Å². The lowest BCUT2D eigenvalue weighted by atomic mass is 9.85. The summed E-state index contributed by atoms with van der Waals surface area (Å²) in [5.74, 6) is -0.0432. The summed E-state index contributed by atoms with van der Waals surface area (Å²) in [6, 6.07) is 12.8. The van der Waals surface area contributed by atoms with Gasteiger partial charge in [0, 0.05) is 12.1 Å². The van der Waals surface area contributed by atoms with Crippen molar-refractivity contribution in [1.82, 2.24) is 10.9 Å². The summed E-state index contributed by atoms with van der Waals surface area (Å²) in [5, 5.41) is 2.39. The van der Waals surface area contributed by atoms with Crippen molar-refractivity contribution in [3.8, 4) is 0 Å². The highest BCUT2D eigenvalue weighted by Gasteiger charge is 2.17. The number of nitrogens with one attached hydrogen (secondary N) is 2. The van der Waals surface area contributed by atoms with Gasteiger partial charge in [0.25, 0.3) is 5.91 Å². The molecule has 0 bridgehead atoms. The van der Waals surface area contributed by atoms with E-state index in [1.807, 2.05) is 12.1 Å². The highest BCUT2D eigenvalue weighted by atomic mass is 16.2. The summed E-state index contributed by atoms with van der Waals surface area (Å²) in [7, 11) is 0. The Morgan fingerprint density at radius 2 is 1.95 bits per heavy atom. The first kappa shape index (κ1) is 13.8. The van der Waals surface area contributed by atoms with Crippen molar-refractivity contribution in [3.05, 3.63) is 53.1 Å². The van der Waals surface area contributed by atoms with E-state index in [0.29, 0.717) is 6.54 Å². The van der Waals surface area contributed by atoms with Gasteiger partial charge in [-0.2, -0.15) is 0 Å². The number of hydrogen-bond acceptors (Lipinski definition) is 2. The van der Waals surface area contributed by atoms with E-state index in [9.17, 15) is 4.79 Å². The SMILES string of the molecule is CC(C)(C)c1ccc2c(/C=C3\CNNC3=O)cccc2c1. The molecule has 0 radical (unpaired) electrons. The summed E-state index contributed by atoms with van der Waals surface area (Å²) in [5.41, 5.74) is 8.77. The first-order valence-electron chi connectivity index (χ1n) is 7.22. The molecular weight excluding hydrogens is 260 g/mol. The fourth-order valence-electron chi connectivity index (χ4n) is 2.59. The molecule has 1 heterocycles. The number of carbonyl (C=O) groups is 1. The average molecular weight is 280 g/mol. The number of benzene rings is 2. The van der Waals surface area contributed by atoms with Gasteiger partial charge >= 0.3 is 0 Å². The molecule has 1 amide bonds. The summed E-state index contributed by atoms with van der Waals surface area (Å²) < 4.78 is 0. The monoisotopic (exact) mass is 280 g/mol. The van der Waals surface area contributed by atoms with Crippen LogP contribution in [-0.4, -0.2) is 12.5 Å². The lowest BCUT2D eigenvalue weighted by Gasteiger charge is -2.19. The highest BCUT2D eigenvalue weighted by Crippen LogP contribution is 2.28. The zero-order valence-electron chi connectivity index (χ0n) is 12.7. The predicted octanol–water partition coefficient (Wildman–Crippen LogP) is 3.16. The van der Waals surface area contributed by atoms with Crippen LogP contribution in [0.3, 0.4) is 0 Å². The smallest absolute Gasteiger partial charge is 0.262 e. The Balaban J connectivity index is 2.11. The molecule has 3 rings (SSSR count). The molecule has 1 fully saturated rings. The molecule has 0 saturated carbocycles. The molecule has 3 nitrogen and oxygen atoms in total. The van der Waals surface area contributed by atoms with E-state index in [1.54, 1.807) is 0 Å². The van der Waals surface area contributed by atoms with Gasteiger partial charge in [-0.25, -0.2) is 5.43 Å². The molecule has 21 heavy (non-hydrogen) atoms. The van der Waals surface area contributed by atoms with E-state index in [1.165, 1.54) is 16.3 Å². The Bertz CT molecular complexity index is 738. The lowest BCUT2D eigenvalue weighted by molar-refractivity contribution is -0.116. The molecule has 0 spiro atoms. The molecule has 2 aromatic rings. The van der Waals surface area contributed by atoms with Gasteiger partial charge in [0.1, 0.15) is 0 Å². The zero-order valence-corrected chi connectivity index (χ0v) is 12.7. The maximum Gasteiger partial charge on any atom is 0.262 e. The van der Waals surface area contributed by atoms with Gasteiger partial charge in [0.05, 0.1) is 0 Å². The van der Waals surface area contributed by atoms with E-state index < -0.39 is 0 Å². The van der Waals surface area contributed by atoms with E-state index in [2.05, 4.69) is 62.0 Å². The van der Waals surface area contributed by atoms with Crippen molar-refractivity contribution in [1.29, 1.82) is 0 Å². The molecule has 0 atom stereocenters. The molecule has 0 aromatic heterocycles. The first-order valence-corrected chi connectivity index (χ1v) is 7.22. The van der Waals surface area contributed by atoms with Gasteiger partial charge in [0.15, 0.2) is 0 Å². The van der Waals surface area contributed by atoms with Crippen LogP contribution in [0, 0.1) is 0 Å². The molecule has 0 unspecified atom stereocenters. The van der Waals surface area contributed by atoms with Crippen LogP contribution in [0.4, 0.5) is 0 Å². The van der Waals surface area contributed by atoms with Crippen LogP contribution < -0.4 is 10.9 Å². The van der Waals surface area contributed by atoms with Crippen LogP contribution in [0.5, 0.6) is 0 Å². The normalized spacial score (nSPS) is 17.5. The number of carbonyl (C=O) groups excluding carboxylic acids is 1. The Morgan fingerprint density at radius 1 is 1.14 bits per heavy atom. The van der Waals surface area contributed by atoms with Crippen LogP contribution in [0.25, 0.3) is 16.8 Å². The van der Waals surface area contributed by atoms with Gasteiger partial charge in [0.2, 0.25) is 0 Å². The second-order valence-corrected chi connectivity index (χ2v) is 6.51. The van der Waals surface area contributed by atoms with Crippen LogP contribution in [0.2, 0.25) is 0 Å². The third-order valence-electron chi connectivity index (χ3n) is 3.88. The third-order valence-corrected chi connectivity index (χ3v) is 3.88. The van der Waals surface area contributed by atoms with E-state index in [4.69, 9.17) is 0 Å². The van der Waals surface area contributed by atoms with Crippen molar-refractivity contribution in [3.63, 3.8) is 0 Å². The number of hydrogen-bond donors (Lipinski definition) is 2. The topological polar surface area (TPSA) is 41.1 Å². The van der Waals surface area contributed by atoms with Gasteiger partial charge < -0.3 is 0 Å². The molecule has 1 aliphatic heterocycles. The molecular formula is C18H20N2O. The third kappa shape index (κ3) is 2.69. The highest BCUT2D eigenvalue weighted by molar-refractivity contribution is 6.02. The van der Waals surface area contributed by atoms with Crippen LogP contribution in [-0.2, 0) is 10.2 Å². The minimum absolute atomic E-state index is 0.0432. The number of fused-ring (bicyclic) bond motifs is 1. The van der Waals surface area contributed by atoms with Crippen LogP contribution >= 0.6 is 0 Å². The largest absolute Gasteiger partial charge is 0.287 e. The maximum absolute atomic E-state index is 11.7. The average Bonchev–Trinajstić information content (AvgIpc) is 2.83. The number of amides is 1. The summed E-state index contributed by atoms with van der Waals surface area (Å²) >= 11 is 0. The molecule has 1 aliphatic rings. The quantitative estimate of drug-likeness (QED) is 0.788. The predicted molar refractivity (Wildman–Crippen MR) is 86.8 cm³/mol. The second kappa shape index (κ2) is 5.01. The minimum atomic E-state index is -0.0432. The molecule has 1 saturated heterocycles. The number of hydrazine groups is 1. The Morgan fingerprint density at radius 3 is 2.62 bits per heavy atom. The summed E-state index contributed by atoms with van der Waals surface area (Å²) in [4.78, 5) is 11.7. The Kier molecular flexibility index (Phi) is 3.30. The fraction of sp³-hybridized carbons (Fsp3) is 0.278. The van der Waals surface area contributed by atoms with Crippen molar-refractivity contribution in [2.24, 2.45) is 0 Å². The summed E-state index contributed by atoms with van der Waals surface area (Å²) in [6.45, 7) is 7.22. The molecule has 2 aromatic carbocycles. The second-order valence-electron chi connectivity index (χ2n) is 6.51. The lowest BCUT2D eigenvalue weighted by Crippen LogP contribution is -2.25. The van der Waals surface area contributed by atoms with E-state index in [-0.39, 0.29) is 11.3 Å². The van der Waals surface area contributed by atoms with Crippen molar-refractivity contribution >= 4 is 22.8 Å². The maximum atomic E-state index is 11.7. The molecule has 3 heteroatoms. The van der Waals surface area contributed by atoms with Crippen LogP contribution in [0.15, 0.2) is 42.0 Å². The van der Waals surface area contributed by atoms with E-state index >= 15 is 0 Å². The van der Waals surface area contributed by atoms with Gasteiger partial charge in [-0.1, -0.05) is 57.2 Å². The fourth-order valence-corrected chi connectivity index (χ4v) is 2.59. The van der Waals surface area contributed by atoms with E-state index in [0.717, 1.165) is 11.1 Å². The minimum Gasteiger partial charge on any atom is -0.287 e. The Labute approximate surface area is 125 Å². The summed E-state index contributed by atoms with van der Waals surface area (Å²) in [6.07, 6.45) is 1.97. The molecule has 0 aliphatic carbocycles. The standard InChI is InChI=1S/C18H20N2O/c1-18(2,3)15-7-8-16-12(5-4-6-13(16)10-15)9-14-11-19-20-17(14)21/h4-10,19H,11H2,1-3H3,(H,20,21)/b14-9+. The van der Waals surface area contributed by atoms with Crippen molar-refractivity contribution in [2.45, 2.75) is 26.2 Å². The van der Waals surface area contributed by atoms with Crippen LogP contribution in [0.1, 0.15) is 31.9 Å². The molecule has 108 valence electrons. The number of rotatable bonds is 1. The van der Waals surface area contributed by atoms with Gasteiger partial charge in [-0.15, -0.1) is 0 Å². The molecule has 2 N–H and O–H groups in total. The first-order chi connectivity index (χ1) is 9.95. The Hall–Kier alpha value is -2.13. The zero-order chi connectivity index (χ0) is 15.0. The van der Waals surface area contributed by atoms with Gasteiger partial charge in [-0.3, -0.25) is 10.2 Å². The van der Waals surface area contributed by atoms with Crippen molar-refractivity contribution in [2.75, 3.05) is 6.54 Å². The van der Waals surface area contributed by atoms with Gasteiger partial charge in [-0.05, 0) is 33.4 Å².